The topological polar surface area (TPSA) is 29.4 Å². The fourth-order valence-electron chi connectivity index (χ4n) is 0.424. The van der Waals surface area contributed by atoms with Crippen LogP contribution in [0, 0.1) is 4.91 Å². The van der Waals surface area contributed by atoms with Gasteiger partial charge in [-0.05, 0) is 5.18 Å². The molecule has 0 atom stereocenters. The number of hydrogen-bond donors (Lipinski definition) is 0. The van der Waals surface area contributed by atoms with Gasteiger partial charge >= 0.3 is 0 Å². The maximum Gasteiger partial charge on any atom is 0.284 e. The van der Waals surface area contributed by atoms with E-state index in [1.165, 1.54) is 0 Å². The van der Waals surface area contributed by atoms with Gasteiger partial charge in [0.15, 0.2) is 0 Å². The van der Waals surface area contributed by atoms with E-state index >= 15 is 0 Å². The second kappa shape index (κ2) is 5.07. The van der Waals surface area contributed by atoms with Crippen LogP contribution in [0.25, 0.3) is 0 Å². The fourth-order valence-corrected chi connectivity index (χ4v) is 2.24. The Hall–Kier alpha value is 2.21. The lowest BCUT2D eigenvalue weighted by molar-refractivity contribution is 0.594. The summed E-state index contributed by atoms with van der Waals surface area (Å²) in [4.78, 5) is 10.3. The molecule has 0 aliphatic carbocycles. The van der Waals surface area contributed by atoms with E-state index in [1.54, 1.807) is 0 Å². The largest absolute Gasteiger partial charge is 0.284 e. The minimum atomic E-state index is -2.59. The van der Waals surface area contributed by atoms with E-state index in [2.05, 4.69) is 5.18 Å². The zero-order valence-corrected chi connectivity index (χ0v) is 13.1. The van der Waals surface area contributed by atoms with Crippen molar-refractivity contribution in [1.82, 2.24) is 0 Å². The van der Waals surface area contributed by atoms with Crippen molar-refractivity contribution in [3.8, 4) is 0 Å². The van der Waals surface area contributed by atoms with Crippen LogP contribution in [0.5, 0.6) is 0 Å². The molecular weight excluding hydrogens is 397 g/mol. The Morgan fingerprint density at radius 3 is 1.20 bits per heavy atom. The van der Waals surface area contributed by atoms with Gasteiger partial charge in [-0.3, -0.25) is 0 Å². The summed E-state index contributed by atoms with van der Waals surface area (Å²) in [5.41, 5.74) is 0. The SMILES string of the molecule is O=NC(Cl)(Cl)C(Cl)(Cl)C(Cl)(Cl)C(Cl)(Cl)Cl. The van der Waals surface area contributed by atoms with Crippen LogP contribution >= 0.6 is 104 Å². The number of halogens is 9. The summed E-state index contributed by atoms with van der Waals surface area (Å²) in [5, 5.41) is 2.24. The van der Waals surface area contributed by atoms with Gasteiger partial charge in [-0.25, -0.2) is 0 Å². The molecule has 0 heterocycles. The second-order valence-corrected chi connectivity index (χ2v) is 8.50. The van der Waals surface area contributed by atoms with Crippen LogP contribution in [0.3, 0.4) is 0 Å². The number of nitroso groups, excluding NO2 is 1. The highest BCUT2D eigenvalue weighted by Crippen LogP contribution is 2.62. The van der Waals surface area contributed by atoms with Crippen molar-refractivity contribution in [2.45, 2.75) is 16.9 Å². The van der Waals surface area contributed by atoms with Gasteiger partial charge in [-0.15, -0.1) is 4.91 Å². The van der Waals surface area contributed by atoms with Gasteiger partial charge in [0.25, 0.3) is 4.46 Å². The third kappa shape index (κ3) is 3.15. The molecule has 2 nitrogen and oxygen atoms in total. The summed E-state index contributed by atoms with van der Waals surface area (Å²) in [5.74, 6) is 0. The molecule has 15 heavy (non-hydrogen) atoms. The molecule has 0 aromatic rings. The second-order valence-electron chi connectivity index (χ2n) is 2.28. The van der Waals surface area contributed by atoms with E-state index in [-0.39, 0.29) is 0 Å². The average molecular weight is 397 g/mol. The van der Waals surface area contributed by atoms with Gasteiger partial charge in [-0.2, -0.15) is 0 Å². The van der Waals surface area contributed by atoms with E-state index in [1.807, 2.05) is 0 Å². The molecule has 0 aliphatic heterocycles. The molecule has 90 valence electrons. The number of nitrogens with zero attached hydrogens (tertiary/aromatic N) is 1. The van der Waals surface area contributed by atoms with Crippen LogP contribution < -0.4 is 0 Å². The van der Waals surface area contributed by atoms with Gasteiger partial charge in [0.1, 0.15) is 0 Å². The minimum Gasteiger partial charge on any atom is -0.147 e. The highest BCUT2D eigenvalue weighted by atomic mass is 35.6. The maximum atomic E-state index is 10.3. The Labute approximate surface area is 130 Å². The predicted octanol–water partition coefficient (Wildman–Crippen LogP) is 5.60. The van der Waals surface area contributed by atoms with Crippen LogP contribution in [0.4, 0.5) is 0 Å². The summed E-state index contributed by atoms with van der Waals surface area (Å²) in [6, 6.07) is 0. The van der Waals surface area contributed by atoms with Gasteiger partial charge in [0.2, 0.25) is 12.5 Å². The van der Waals surface area contributed by atoms with Gasteiger partial charge in [0, 0.05) is 0 Å². The van der Waals surface area contributed by atoms with Crippen molar-refractivity contribution in [2.75, 3.05) is 0 Å². The molecule has 0 bridgehead atoms. The van der Waals surface area contributed by atoms with Crippen molar-refractivity contribution in [1.29, 1.82) is 0 Å². The van der Waals surface area contributed by atoms with Crippen LogP contribution in [0.2, 0.25) is 0 Å². The van der Waals surface area contributed by atoms with E-state index in [0.717, 1.165) is 0 Å². The van der Waals surface area contributed by atoms with Crippen molar-refractivity contribution < 1.29 is 0 Å². The number of alkyl halides is 9. The molecule has 0 saturated heterocycles. The summed E-state index contributed by atoms with van der Waals surface area (Å²) in [7, 11) is 0. The highest BCUT2D eigenvalue weighted by Gasteiger charge is 2.69. The standard InChI is InChI=1S/C4Cl9NO/c5-1(6,3(9,10)11)2(7,8)4(12,13)14-15. The Morgan fingerprint density at radius 2 is 1.00 bits per heavy atom. The van der Waals surface area contributed by atoms with Gasteiger partial charge < -0.3 is 0 Å². The Morgan fingerprint density at radius 1 is 0.667 bits per heavy atom. The lowest BCUT2D eigenvalue weighted by Crippen LogP contribution is -2.55. The van der Waals surface area contributed by atoms with E-state index in [9.17, 15) is 4.91 Å². The maximum absolute atomic E-state index is 10.3. The summed E-state index contributed by atoms with van der Waals surface area (Å²) >= 11 is 49.4. The molecule has 0 radical (unpaired) electrons. The first kappa shape index (κ1) is 17.2. The Balaban J connectivity index is 5.47. The fraction of sp³-hybridized carbons (Fsp3) is 1.00. The molecule has 0 saturated carbocycles. The number of hydrogen-bond acceptors (Lipinski definition) is 2. The molecule has 0 aromatic carbocycles. The molecule has 0 aromatic heterocycles. The summed E-state index contributed by atoms with van der Waals surface area (Å²) < 4.78 is -9.95. The van der Waals surface area contributed by atoms with Crippen molar-refractivity contribution in [3.63, 3.8) is 0 Å². The van der Waals surface area contributed by atoms with Crippen LogP contribution in [-0.2, 0) is 0 Å². The first-order chi connectivity index (χ1) is 6.31. The van der Waals surface area contributed by atoms with Crippen LogP contribution in [0.1, 0.15) is 0 Å². The third-order valence-electron chi connectivity index (χ3n) is 1.24. The summed E-state index contributed by atoms with van der Waals surface area (Å²) in [6.45, 7) is 0. The molecular formula is C4Cl9NO. The van der Waals surface area contributed by atoms with E-state index in [0.29, 0.717) is 0 Å². The smallest absolute Gasteiger partial charge is 0.147 e. The first-order valence-electron chi connectivity index (χ1n) is 2.86. The quantitative estimate of drug-likeness (QED) is 0.346. The molecule has 0 amide bonds. The first-order valence-corrected chi connectivity index (χ1v) is 6.26. The molecule has 0 N–H and O–H groups in total. The average Bonchev–Trinajstić information content (AvgIpc) is 2.01. The highest BCUT2D eigenvalue weighted by molar-refractivity contribution is 6.80. The third-order valence-corrected chi connectivity index (χ3v) is 6.40. The van der Waals surface area contributed by atoms with Crippen molar-refractivity contribution in [3.05, 3.63) is 4.91 Å². The summed E-state index contributed by atoms with van der Waals surface area (Å²) in [6.07, 6.45) is 0. The van der Waals surface area contributed by atoms with Gasteiger partial charge in [-0.1, -0.05) is 104 Å². The van der Waals surface area contributed by atoms with Crippen molar-refractivity contribution in [2.24, 2.45) is 5.18 Å². The normalized spacial score (nSPS) is 15.3. The number of rotatable bonds is 3. The lowest BCUT2D eigenvalue weighted by Gasteiger charge is -2.40. The predicted molar refractivity (Wildman–Crippen MR) is 69.4 cm³/mol. The lowest BCUT2D eigenvalue weighted by atomic mass is 10.3. The van der Waals surface area contributed by atoms with Crippen molar-refractivity contribution >= 4 is 104 Å². The minimum absolute atomic E-state index is 2.24. The monoisotopic (exact) mass is 393 g/mol. The zero-order valence-electron chi connectivity index (χ0n) is 6.26. The molecule has 0 fully saturated rings. The Kier molecular flexibility index (Phi) is 5.81. The van der Waals surface area contributed by atoms with Crippen LogP contribution in [-0.4, -0.2) is 16.9 Å². The zero-order chi connectivity index (χ0) is 12.7. The molecule has 0 aliphatic rings. The molecule has 0 spiro atoms. The molecule has 0 rings (SSSR count). The molecule has 11 heteroatoms. The van der Waals surface area contributed by atoms with Crippen LogP contribution in [0.15, 0.2) is 5.18 Å². The Bertz CT molecular complexity index is 255. The van der Waals surface area contributed by atoms with Gasteiger partial charge in [0.05, 0.1) is 0 Å². The van der Waals surface area contributed by atoms with E-state index < -0.39 is 16.9 Å². The molecule has 0 unspecified atom stereocenters. The van der Waals surface area contributed by atoms with E-state index in [4.69, 9.17) is 104 Å².